The molecule has 3 rings (SSSR count). The molecule has 1 aromatic carbocycles. The maximum atomic E-state index is 5.73. The molecule has 0 saturated heterocycles. The maximum absolute atomic E-state index is 5.73. The van der Waals surface area contributed by atoms with Gasteiger partial charge in [0, 0.05) is 29.0 Å². The summed E-state index contributed by atoms with van der Waals surface area (Å²) >= 11 is 1.71. The number of thioether (sulfide) groups is 1. The van der Waals surface area contributed by atoms with E-state index in [9.17, 15) is 0 Å². The van der Waals surface area contributed by atoms with Crippen LogP contribution in [0.1, 0.15) is 23.5 Å². The van der Waals surface area contributed by atoms with Gasteiger partial charge < -0.3 is 4.74 Å². The van der Waals surface area contributed by atoms with E-state index in [1.165, 1.54) is 11.1 Å². The van der Waals surface area contributed by atoms with Crippen LogP contribution in [0, 0.1) is 0 Å². The third-order valence-corrected chi connectivity index (χ3v) is 4.39. The highest BCUT2D eigenvalue weighted by Gasteiger charge is 2.25. The Morgan fingerprint density at radius 1 is 1.35 bits per heavy atom. The van der Waals surface area contributed by atoms with Gasteiger partial charge in [-0.2, -0.15) is 0 Å². The molecular formula is C16H16N2OS. The fourth-order valence-electron chi connectivity index (χ4n) is 2.49. The van der Waals surface area contributed by atoms with E-state index < -0.39 is 0 Å². The molecule has 0 bridgehead atoms. The summed E-state index contributed by atoms with van der Waals surface area (Å²) in [7, 11) is 0. The first-order valence-electron chi connectivity index (χ1n) is 6.65. The number of fused-ring (bicyclic) bond motifs is 1. The molecule has 1 aromatic heterocycles. The highest BCUT2D eigenvalue weighted by atomic mass is 32.2. The molecule has 0 radical (unpaired) electrons. The second-order valence-corrected chi connectivity index (χ2v) is 5.62. The van der Waals surface area contributed by atoms with Gasteiger partial charge in [-0.3, -0.25) is 0 Å². The summed E-state index contributed by atoms with van der Waals surface area (Å²) in [6, 6.07) is 8.23. The van der Waals surface area contributed by atoms with E-state index in [1.54, 1.807) is 18.1 Å². The van der Waals surface area contributed by atoms with Crippen molar-refractivity contribution < 1.29 is 4.74 Å². The molecule has 0 fully saturated rings. The van der Waals surface area contributed by atoms with Gasteiger partial charge in [-0.1, -0.05) is 24.3 Å². The SMILES string of the molecule is C=CCSc1ncncc1C1CCOc2ccccc21. The first-order chi connectivity index (χ1) is 9.90. The quantitative estimate of drug-likeness (QED) is 0.487. The van der Waals surface area contributed by atoms with Crippen LogP contribution in [0.5, 0.6) is 5.75 Å². The number of aromatic nitrogens is 2. The molecule has 3 nitrogen and oxygen atoms in total. The molecule has 1 unspecified atom stereocenters. The summed E-state index contributed by atoms with van der Waals surface area (Å²) in [4.78, 5) is 8.64. The van der Waals surface area contributed by atoms with Crippen LogP contribution in [0.2, 0.25) is 0 Å². The van der Waals surface area contributed by atoms with Gasteiger partial charge in [0.2, 0.25) is 0 Å². The smallest absolute Gasteiger partial charge is 0.123 e. The van der Waals surface area contributed by atoms with E-state index in [-0.39, 0.29) is 0 Å². The van der Waals surface area contributed by atoms with Gasteiger partial charge in [0.15, 0.2) is 0 Å². The zero-order chi connectivity index (χ0) is 13.8. The fourth-order valence-corrected chi connectivity index (χ4v) is 3.25. The minimum atomic E-state index is 0.313. The molecule has 0 amide bonds. The summed E-state index contributed by atoms with van der Waals surface area (Å²) in [6.45, 7) is 4.51. The fraction of sp³-hybridized carbons (Fsp3) is 0.250. The monoisotopic (exact) mass is 284 g/mol. The Bertz CT molecular complexity index is 615. The lowest BCUT2D eigenvalue weighted by molar-refractivity contribution is 0.276. The van der Waals surface area contributed by atoms with Crippen LogP contribution in [0.25, 0.3) is 0 Å². The minimum Gasteiger partial charge on any atom is -0.493 e. The van der Waals surface area contributed by atoms with Crippen LogP contribution in [-0.2, 0) is 0 Å². The molecule has 0 N–H and O–H groups in total. The summed E-state index contributed by atoms with van der Waals surface area (Å²) in [5.41, 5.74) is 2.42. The van der Waals surface area contributed by atoms with Crippen molar-refractivity contribution in [1.82, 2.24) is 9.97 Å². The molecule has 2 heterocycles. The van der Waals surface area contributed by atoms with Crippen molar-refractivity contribution in [2.24, 2.45) is 0 Å². The van der Waals surface area contributed by atoms with E-state index in [2.05, 4.69) is 28.7 Å². The van der Waals surface area contributed by atoms with Gasteiger partial charge in [-0.15, -0.1) is 18.3 Å². The van der Waals surface area contributed by atoms with Crippen molar-refractivity contribution in [3.05, 3.63) is 60.6 Å². The summed E-state index contributed by atoms with van der Waals surface area (Å²) in [5, 5.41) is 1.04. The number of hydrogen-bond donors (Lipinski definition) is 0. The molecule has 102 valence electrons. The standard InChI is InChI=1S/C16H16N2OS/c1-2-9-20-16-14(10-17-11-18-16)12-7-8-19-15-6-4-3-5-13(12)15/h2-6,10-12H,1,7-9H2. The van der Waals surface area contributed by atoms with Crippen molar-refractivity contribution in [3.63, 3.8) is 0 Å². The minimum absolute atomic E-state index is 0.313. The van der Waals surface area contributed by atoms with E-state index in [0.717, 1.165) is 29.6 Å². The average molecular weight is 284 g/mol. The number of para-hydroxylation sites is 1. The van der Waals surface area contributed by atoms with Crippen molar-refractivity contribution in [2.75, 3.05) is 12.4 Å². The van der Waals surface area contributed by atoms with Crippen LogP contribution in [0.3, 0.4) is 0 Å². The van der Waals surface area contributed by atoms with Gasteiger partial charge in [-0.05, 0) is 12.5 Å². The molecule has 0 spiro atoms. The molecule has 20 heavy (non-hydrogen) atoms. The zero-order valence-electron chi connectivity index (χ0n) is 11.2. The Morgan fingerprint density at radius 2 is 2.25 bits per heavy atom. The van der Waals surface area contributed by atoms with Gasteiger partial charge >= 0.3 is 0 Å². The second kappa shape index (κ2) is 6.09. The predicted molar refractivity (Wildman–Crippen MR) is 81.4 cm³/mol. The maximum Gasteiger partial charge on any atom is 0.123 e. The normalized spacial score (nSPS) is 17.1. The summed E-state index contributed by atoms with van der Waals surface area (Å²) in [5.74, 6) is 2.15. The lowest BCUT2D eigenvalue weighted by Crippen LogP contribution is -2.16. The van der Waals surface area contributed by atoms with Crippen LogP contribution in [0.4, 0.5) is 0 Å². The molecule has 1 atom stereocenters. The lowest BCUT2D eigenvalue weighted by Gasteiger charge is -2.26. The molecule has 4 heteroatoms. The van der Waals surface area contributed by atoms with Crippen LogP contribution < -0.4 is 4.74 Å². The van der Waals surface area contributed by atoms with E-state index in [1.807, 2.05) is 24.4 Å². The van der Waals surface area contributed by atoms with Crippen molar-refractivity contribution in [3.8, 4) is 5.75 Å². The third kappa shape index (κ3) is 2.56. The Morgan fingerprint density at radius 3 is 3.15 bits per heavy atom. The van der Waals surface area contributed by atoms with Crippen LogP contribution in [-0.4, -0.2) is 22.3 Å². The van der Waals surface area contributed by atoms with Gasteiger partial charge in [-0.25, -0.2) is 9.97 Å². The third-order valence-electron chi connectivity index (χ3n) is 3.37. The highest BCUT2D eigenvalue weighted by molar-refractivity contribution is 7.99. The Labute approximate surface area is 123 Å². The molecule has 0 aliphatic carbocycles. The average Bonchev–Trinajstić information content (AvgIpc) is 2.53. The zero-order valence-corrected chi connectivity index (χ0v) is 12.0. The Hall–Kier alpha value is -1.81. The summed E-state index contributed by atoms with van der Waals surface area (Å²) in [6.07, 6.45) is 6.41. The first-order valence-corrected chi connectivity index (χ1v) is 7.64. The topological polar surface area (TPSA) is 35.0 Å². The predicted octanol–water partition coefficient (Wildman–Crippen LogP) is 3.67. The van der Waals surface area contributed by atoms with Gasteiger partial charge in [0.05, 0.1) is 6.61 Å². The van der Waals surface area contributed by atoms with E-state index >= 15 is 0 Å². The van der Waals surface area contributed by atoms with E-state index in [4.69, 9.17) is 4.74 Å². The highest BCUT2D eigenvalue weighted by Crippen LogP contribution is 2.40. The number of ether oxygens (including phenoxy) is 1. The first kappa shape index (κ1) is 13.2. The number of rotatable bonds is 4. The number of nitrogens with zero attached hydrogens (tertiary/aromatic N) is 2. The molecule has 1 aliphatic heterocycles. The Balaban J connectivity index is 2.00. The number of benzene rings is 1. The largest absolute Gasteiger partial charge is 0.493 e. The Kier molecular flexibility index (Phi) is 4.02. The molecular weight excluding hydrogens is 268 g/mol. The van der Waals surface area contributed by atoms with Gasteiger partial charge in [0.1, 0.15) is 17.1 Å². The second-order valence-electron chi connectivity index (χ2n) is 4.61. The van der Waals surface area contributed by atoms with Crippen LogP contribution >= 0.6 is 11.8 Å². The van der Waals surface area contributed by atoms with E-state index in [0.29, 0.717) is 5.92 Å². The molecule has 2 aromatic rings. The lowest BCUT2D eigenvalue weighted by atomic mass is 9.88. The molecule has 0 saturated carbocycles. The number of hydrogen-bond acceptors (Lipinski definition) is 4. The van der Waals surface area contributed by atoms with Crippen molar-refractivity contribution in [2.45, 2.75) is 17.4 Å². The van der Waals surface area contributed by atoms with Crippen molar-refractivity contribution in [1.29, 1.82) is 0 Å². The van der Waals surface area contributed by atoms with Crippen molar-refractivity contribution >= 4 is 11.8 Å². The molecule has 1 aliphatic rings. The van der Waals surface area contributed by atoms with Crippen LogP contribution in [0.15, 0.2) is 54.5 Å². The van der Waals surface area contributed by atoms with Gasteiger partial charge in [0.25, 0.3) is 0 Å². The summed E-state index contributed by atoms with van der Waals surface area (Å²) < 4.78 is 5.73.